The molecule has 480 valence electrons. The van der Waals surface area contributed by atoms with Crippen LogP contribution in [0.2, 0.25) is 0 Å². The molecular weight excluding hydrogens is 1030 g/mol. The third-order valence-corrected chi connectivity index (χ3v) is 16.9. The molecule has 0 aliphatic heterocycles. The van der Waals surface area contributed by atoms with Crippen molar-refractivity contribution in [1.29, 1.82) is 0 Å². The molecule has 0 saturated carbocycles. The average molecular weight is 1170 g/mol. The molecule has 9 heteroatoms. The Morgan fingerprint density at radius 2 is 0.744 bits per heavy atom. The summed E-state index contributed by atoms with van der Waals surface area (Å²) in [7, 11) is 1.27. The normalized spacial score (nSPS) is 14.1. The first-order valence-corrected chi connectivity index (χ1v) is 36.8. The van der Waals surface area contributed by atoms with Crippen molar-refractivity contribution >= 4 is 13.7 Å². The summed E-state index contributed by atoms with van der Waals surface area (Å²) in [6.45, 7) is 4.58. The van der Waals surface area contributed by atoms with Crippen molar-refractivity contribution in [2.75, 3.05) is 40.9 Å². The number of nitrogens with zero attached hydrogens (tertiary/aromatic N) is 1. The molecule has 0 rings (SSSR count). The quantitative estimate of drug-likeness (QED) is 0.0272. The zero-order valence-corrected chi connectivity index (χ0v) is 55.8. The van der Waals surface area contributed by atoms with Gasteiger partial charge in [0, 0.05) is 6.42 Å². The molecule has 0 aliphatic rings. The Morgan fingerprint density at radius 3 is 1.09 bits per heavy atom. The molecule has 0 fully saturated rings. The summed E-state index contributed by atoms with van der Waals surface area (Å²) in [5, 5.41) is 14.0. The minimum absolute atomic E-state index is 0.00191. The van der Waals surface area contributed by atoms with Gasteiger partial charge >= 0.3 is 0 Å². The molecule has 0 saturated heterocycles. The van der Waals surface area contributed by atoms with Crippen LogP contribution in [0.5, 0.6) is 0 Å². The van der Waals surface area contributed by atoms with Crippen LogP contribution < -0.4 is 10.2 Å². The van der Waals surface area contributed by atoms with Gasteiger partial charge < -0.3 is 28.8 Å². The maximum absolute atomic E-state index is 13.0. The number of rotatable bonds is 65. The van der Waals surface area contributed by atoms with Crippen LogP contribution in [0, 0.1) is 0 Å². The van der Waals surface area contributed by atoms with E-state index in [1.165, 1.54) is 244 Å². The standard InChI is InChI=1S/C73H137N2O6P/c1-6-8-10-12-14-16-18-20-22-24-26-28-30-32-34-36-37-39-41-43-45-47-49-51-53-55-57-59-61-63-65-67-73(77)74-71(70-81-82(78,79)80-69-68-75(3,4)5)72(76)66-64-62-60-58-56-54-52-50-48-46-44-42-40-38-35-33-31-29-27-25-23-21-19-17-15-13-11-9-7-2/h8,10,14,16,20,22,26,28,32,34,64,66,71-72,76H,6-7,9,11-13,15,17-19,21,23-25,27,29-31,33,35-63,65,67-70H2,1-5H3,(H-,74,77,78,79)/b10-8-,16-14-,22-20-,28-26-,34-32-,66-64+. The van der Waals surface area contributed by atoms with Crippen molar-refractivity contribution in [1.82, 2.24) is 5.32 Å². The average Bonchev–Trinajstić information content (AvgIpc) is 3.47. The molecule has 0 spiro atoms. The predicted molar refractivity (Wildman–Crippen MR) is 357 cm³/mol. The molecule has 0 bridgehead atoms. The molecule has 3 atom stereocenters. The number of phosphoric ester groups is 1. The lowest BCUT2D eigenvalue weighted by Crippen LogP contribution is -2.45. The minimum atomic E-state index is -4.61. The fraction of sp³-hybridized carbons (Fsp3) is 0.822. The largest absolute Gasteiger partial charge is 0.756 e. The van der Waals surface area contributed by atoms with Gasteiger partial charge in [-0.3, -0.25) is 9.36 Å². The van der Waals surface area contributed by atoms with E-state index >= 15 is 0 Å². The molecule has 0 aliphatic carbocycles. The molecule has 1 amide bonds. The Hall–Kier alpha value is -2.06. The number of likely N-dealkylation sites (N-methyl/N-ethyl adjacent to an activating group) is 1. The van der Waals surface area contributed by atoms with Gasteiger partial charge in [0.15, 0.2) is 0 Å². The second kappa shape index (κ2) is 63.4. The molecule has 0 aromatic rings. The third-order valence-electron chi connectivity index (χ3n) is 15.9. The van der Waals surface area contributed by atoms with E-state index in [1.54, 1.807) is 6.08 Å². The number of carbonyl (C=O) groups is 1. The maximum atomic E-state index is 13.0. The number of hydrogen-bond donors (Lipinski definition) is 2. The summed E-state index contributed by atoms with van der Waals surface area (Å²) >= 11 is 0. The van der Waals surface area contributed by atoms with Gasteiger partial charge in [0.25, 0.3) is 7.82 Å². The second-order valence-electron chi connectivity index (χ2n) is 25.2. The van der Waals surface area contributed by atoms with Crippen LogP contribution in [0.4, 0.5) is 0 Å². The van der Waals surface area contributed by atoms with Gasteiger partial charge in [-0.15, -0.1) is 0 Å². The van der Waals surface area contributed by atoms with Crippen molar-refractivity contribution < 1.29 is 32.9 Å². The zero-order valence-electron chi connectivity index (χ0n) is 54.9. The number of nitrogens with one attached hydrogen (secondary N) is 1. The van der Waals surface area contributed by atoms with E-state index in [1.807, 2.05) is 27.2 Å². The third kappa shape index (κ3) is 65.5. The van der Waals surface area contributed by atoms with E-state index in [9.17, 15) is 19.4 Å². The lowest BCUT2D eigenvalue weighted by atomic mass is 10.0. The van der Waals surface area contributed by atoms with Gasteiger partial charge in [-0.25, -0.2) is 0 Å². The highest BCUT2D eigenvalue weighted by Gasteiger charge is 2.23. The highest BCUT2D eigenvalue weighted by molar-refractivity contribution is 7.45. The summed E-state index contributed by atoms with van der Waals surface area (Å²) in [5.41, 5.74) is 0. The lowest BCUT2D eigenvalue weighted by molar-refractivity contribution is -0.870. The second-order valence-corrected chi connectivity index (χ2v) is 26.6. The van der Waals surface area contributed by atoms with Gasteiger partial charge in [0.05, 0.1) is 39.9 Å². The molecule has 0 aromatic heterocycles. The van der Waals surface area contributed by atoms with Crippen LogP contribution in [0.25, 0.3) is 0 Å². The predicted octanol–water partition coefficient (Wildman–Crippen LogP) is 21.9. The highest BCUT2D eigenvalue weighted by Crippen LogP contribution is 2.38. The molecule has 0 radical (unpaired) electrons. The molecule has 0 aromatic carbocycles. The van der Waals surface area contributed by atoms with Crippen molar-refractivity contribution in [3.05, 3.63) is 72.9 Å². The van der Waals surface area contributed by atoms with Crippen LogP contribution >= 0.6 is 7.82 Å². The van der Waals surface area contributed by atoms with Crippen LogP contribution in [0.15, 0.2) is 72.9 Å². The van der Waals surface area contributed by atoms with Crippen LogP contribution in [0.3, 0.4) is 0 Å². The van der Waals surface area contributed by atoms with Crippen molar-refractivity contribution in [3.63, 3.8) is 0 Å². The van der Waals surface area contributed by atoms with E-state index in [0.29, 0.717) is 17.4 Å². The van der Waals surface area contributed by atoms with Crippen molar-refractivity contribution in [2.45, 2.75) is 347 Å². The Labute approximate surface area is 510 Å². The molecule has 2 N–H and O–H groups in total. The summed E-state index contributed by atoms with van der Waals surface area (Å²) in [5.74, 6) is -0.195. The molecule has 0 heterocycles. The summed E-state index contributed by atoms with van der Waals surface area (Å²) < 4.78 is 23.5. The summed E-state index contributed by atoms with van der Waals surface area (Å²) in [4.78, 5) is 25.6. The number of allylic oxidation sites excluding steroid dienone is 11. The van der Waals surface area contributed by atoms with Gasteiger partial charge in [-0.05, 0) is 64.2 Å². The topological polar surface area (TPSA) is 108 Å². The highest BCUT2D eigenvalue weighted by atomic mass is 31.2. The maximum Gasteiger partial charge on any atom is 0.268 e. The van der Waals surface area contributed by atoms with Gasteiger partial charge in [-0.2, -0.15) is 0 Å². The molecule has 82 heavy (non-hydrogen) atoms. The number of amides is 1. The monoisotopic (exact) mass is 1170 g/mol. The molecular formula is C73H137N2O6P. The Bertz CT molecular complexity index is 1570. The van der Waals surface area contributed by atoms with Crippen LogP contribution in [0.1, 0.15) is 335 Å². The van der Waals surface area contributed by atoms with Crippen molar-refractivity contribution in [2.24, 2.45) is 0 Å². The smallest absolute Gasteiger partial charge is 0.268 e. The van der Waals surface area contributed by atoms with E-state index in [2.05, 4.69) is 79.9 Å². The van der Waals surface area contributed by atoms with Crippen molar-refractivity contribution in [3.8, 4) is 0 Å². The summed E-state index contributed by atoms with van der Waals surface area (Å²) in [6, 6.07) is -0.891. The fourth-order valence-electron chi connectivity index (χ4n) is 10.5. The minimum Gasteiger partial charge on any atom is -0.756 e. The van der Waals surface area contributed by atoms with Gasteiger partial charge in [0.1, 0.15) is 13.2 Å². The number of phosphoric acid groups is 1. The Morgan fingerprint density at radius 1 is 0.439 bits per heavy atom. The van der Waals surface area contributed by atoms with Gasteiger partial charge in [-0.1, -0.05) is 337 Å². The number of aliphatic hydroxyl groups excluding tert-OH is 1. The molecule has 3 unspecified atom stereocenters. The number of hydrogen-bond acceptors (Lipinski definition) is 6. The first kappa shape index (κ1) is 79.9. The lowest BCUT2D eigenvalue weighted by Gasteiger charge is -2.29. The van der Waals surface area contributed by atoms with Crippen LogP contribution in [-0.2, 0) is 18.4 Å². The zero-order chi connectivity index (χ0) is 59.8. The fourth-order valence-corrected chi connectivity index (χ4v) is 11.2. The van der Waals surface area contributed by atoms with Crippen LogP contribution in [-0.4, -0.2) is 68.5 Å². The molecule has 8 nitrogen and oxygen atoms in total. The first-order chi connectivity index (χ1) is 40.0. The number of unbranched alkanes of at least 4 members (excludes halogenated alkanes) is 42. The first-order valence-electron chi connectivity index (χ1n) is 35.3. The van der Waals surface area contributed by atoms with E-state index in [-0.39, 0.29) is 19.1 Å². The number of quaternary nitrogens is 1. The number of carbonyl (C=O) groups excluding carboxylic acids is 1. The van der Waals surface area contributed by atoms with E-state index in [0.717, 1.165) is 70.6 Å². The number of aliphatic hydroxyl groups is 1. The van der Waals surface area contributed by atoms with Gasteiger partial charge in [0.2, 0.25) is 5.91 Å². The Kier molecular flexibility index (Phi) is 61.8. The summed E-state index contributed by atoms with van der Waals surface area (Å²) in [6.07, 6.45) is 88.8. The van der Waals surface area contributed by atoms with E-state index < -0.39 is 20.0 Å². The Balaban J connectivity index is 4.07. The SMILES string of the molecule is CC/C=C\C/C=C\C/C=C\C/C=C\C/C=C\CCCCCCCCCCCCCCCCCC(=O)NC(COP(=O)([O-])OCC[N+](C)(C)C)C(O)/C=C/CCCCCCCCCCCCCCCCCCCCCCCCCCCCC. The van der Waals surface area contributed by atoms with E-state index in [4.69, 9.17) is 9.05 Å².